The first-order valence-corrected chi connectivity index (χ1v) is 7.55. The number of carbonyl (C=O) groups excluding carboxylic acids is 1. The predicted octanol–water partition coefficient (Wildman–Crippen LogP) is 5.42. The van der Waals surface area contributed by atoms with Crippen LogP contribution >= 0.6 is 0 Å². The van der Waals surface area contributed by atoms with Crippen LogP contribution in [0.3, 0.4) is 0 Å². The summed E-state index contributed by atoms with van der Waals surface area (Å²) in [5.41, 5.74) is -1.40. The summed E-state index contributed by atoms with van der Waals surface area (Å²) in [6.07, 6.45) is -9.07. The van der Waals surface area contributed by atoms with Gasteiger partial charge in [-0.3, -0.25) is 4.79 Å². The summed E-state index contributed by atoms with van der Waals surface area (Å²) < 4.78 is 81.0. The van der Waals surface area contributed by atoms with E-state index in [1.54, 1.807) is 6.92 Å². The summed E-state index contributed by atoms with van der Waals surface area (Å²) in [6.45, 7) is 1.57. The number of benzene rings is 2. The second kappa shape index (κ2) is 7.39. The lowest BCUT2D eigenvalue weighted by atomic mass is 9.90. The van der Waals surface area contributed by atoms with Crippen LogP contribution in [0, 0.1) is 0 Å². The number of hydrogen-bond donors (Lipinski definition) is 0. The Kier molecular flexibility index (Phi) is 5.63. The largest absolute Gasteiger partial charge is 0.465 e. The van der Waals surface area contributed by atoms with Crippen LogP contribution in [0.15, 0.2) is 48.5 Å². The van der Waals surface area contributed by atoms with E-state index in [1.165, 1.54) is 0 Å². The van der Waals surface area contributed by atoms with Crippen LogP contribution in [-0.4, -0.2) is 12.6 Å². The van der Waals surface area contributed by atoms with E-state index in [9.17, 15) is 31.1 Å². The third-order valence-electron chi connectivity index (χ3n) is 3.66. The predicted molar refractivity (Wildman–Crippen MR) is 81.4 cm³/mol. The van der Waals surface area contributed by atoms with Gasteiger partial charge in [0, 0.05) is 0 Å². The van der Waals surface area contributed by atoms with E-state index in [1.807, 2.05) is 0 Å². The van der Waals surface area contributed by atoms with Crippen molar-refractivity contribution in [3.05, 3.63) is 70.8 Å². The van der Waals surface area contributed by atoms with Crippen LogP contribution in [0.4, 0.5) is 26.3 Å². The number of ether oxygens (including phenoxy) is 1. The van der Waals surface area contributed by atoms with Gasteiger partial charge in [0.05, 0.1) is 17.7 Å². The Morgan fingerprint density at radius 2 is 1.15 bits per heavy atom. The van der Waals surface area contributed by atoms with Crippen LogP contribution in [0.1, 0.15) is 35.1 Å². The molecule has 140 valence electrons. The number of rotatable bonds is 4. The molecule has 0 fully saturated rings. The molecule has 0 saturated heterocycles. The van der Waals surface area contributed by atoms with Crippen molar-refractivity contribution in [1.29, 1.82) is 0 Å². The molecule has 0 aliphatic heterocycles. The second-order valence-electron chi connectivity index (χ2n) is 5.42. The minimum atomic E-state index is -4.54. The lowest BCUT2D eigenvalue weighted by Crippen LogP contribution is -2.18. The monoisotopic (exact) mass is 376 g/mol. The molecule has 2 aromatic rings. The zero-order valence-corrected chi connectivity index (χ0v) is 13.5. The Balaban J connectivity index is 2.42. The first kappa shape index (κ1) is 19.8. The summed E-state index contributed by atoms with van der Waals surface area (Å²) in [6, 6.07) is 7.70. The lowest BCUT2D eigenvalue weighted by molar-refractivity contribution is -0.143. The molecule has 0 radical (unpaired) electrons. The summed E-state index contributed by atoms with van der Waals surface area (Å²) in [5, 5.41) is 0. The number of alkyl halides is 6. The van der Waals surface area contributed by atoms with Crippen molar-refractivity contribution in [3.8, 4) is 0 Å². The molecule has 0 aliphatic rings. The molecule has 0 aromatic heterocycles. The zero-order chi connectivity index (χ0) is 19.5. The zero-order valence-electron chi connectivity index (χ0n) is 13.5. The molecule has 0 amide bonds. The number of esters is 1. The summed E-state index contributed by atoms with van der Waals surface area (Å²) >= 11 is 0. The third kappa shape index (κ3) is 4.56. The van der Waals surface area contributed by atoms with Gasteiger partial charge in [0.15, 0.2) is 0 Å². The molecule has 2 nitrogen and oxygen atoms in total. The average Bonchev–Trinajstić information content (AvgIpc) is 2.55. The van der Waals surface area contributed by atoms with Gasteiger partial charge in [-0.15, -0.1) is 0 Å². The SMILES string of the molecule is CCOC(=O)C(c1ccc(C(F)(F)F)cc1)c1ccc(C(F)(F)F)cc1. The minimum Gasteiger partial charge on any atom is -0.465 e. The van der Waals surface area contributed by atoms with E-state index in [4.69, 9.17) is 4.74 Å². The molecule has 0 aliphatic carbocycles. The molecule has 0 heterocycles. The van der Waals surface area contributed by atoms with Gasteiger partial charge >= 0.3 is 18.3 Å². The molecule has 0 spiro atoms. The van der Waals surface area contributed by atoms with Crippen molar-refractivity contribution in [1.82, 2.24) is 0 Å². The van der Waals surface area contributed by atoms with Crippen molar-refractivity contribution in [2.24, 2.45) is 0 Å². The molecule has 26 heavy (non-hydrogen) atoms. The first-order chi connectivity index (χ1) is 12.0. The molecule has 0 N–H and O–H groups in total. The van der Waals surface area contributed by atoms with Crippen LogP contribution in [-0.2, 0) is 21.9 Å². The maximum absolute atomic E-state index is 12.7. The van der Waals surface area contributed by atoms with Gasteiger partial charge in [0.1, 0.15) is 5.92 Å². The van der Waals surface area contributed by atoms with Crippen molar-refractivity contribution >= 4 is 5.97 Å². The summed E-state index contributed by atoms with van der Waals surface area (Å²) in [4.78, 5) is 12.2. The van der Waals surface area contributed by atoms with Crippen molar-refractivity contribution in [3.63, 3.8) is 0 Å². The van der Waals surface area contributed by atoms with Gasteiger partial charge in [-0.2, -0.15) is 26.3 Å². The quantitative estimate of drug-likeness (QED) is 0.526. The number of halogens is 6. The van der Waals surface area contributed by atoms with Crippen molar-refractivity contribution < 1.29 is 35.9 Å². The normalized spacial score (nSPS) is 12.3. The van der Waals surface area contributed by atoms with Gasteiger partial charge in [0.25, 0.3) is 0 Å². The van der Waals surface area contributed by atoms with E-state index in [-0.39, 0.29) is 17.7 Å². The molecular formula is C18H14F6O2. The van der Waals surface area contributed by atoms with E-state index in [2.05, 4.69) is 0 Å². The van der Waals surface area contributed by atoms with Gasteiger partial charge in [0.2, 0.25) is 0 Å². The fourth-order valence-electron chi connectivity index (χ4n) is 2.42. The number of hydrogen-bond acceptors (Lipinski definition) is 2. The molecular weight excluding hydrogens is 362 g/mol. The van der Waals surface area contributed by atoms with Crippen LogP contribution < -0.4 is 0 Å². The highest BCUT2D eigenvalue weighted by Gasteiger charge is 2.33. The molecule has 0 bridgehead atoms. The smallest absolute Gasteiger partial charge is 0.416 e. The molecule has 2 rings (SSSR count). The van der Waals surface area contributed by atoms with E-state index >= 15 is 0 Å². The van der Waals surface area contributed by atoms with E-state index < -0.39 is 35.4 Å². The molecule has 0 saturated carbocycles. The molecule has 2 aromatic carbocycles. The Morgan fingerprint density at radius 1 is 0.808 bits per heavy atom. The molecule has 8 heteroatoms. The average molecular weight is 376 g/mol. The highest BCUT2D eigenvalue weighted by atomic mass is 19.4. The van der Waals surface area contributed by atoms with Gasteiger partial charge < -0.3 is 4.74 Å². The third-order valence-corrected chi connectivity index (χ3v) is 3.66. The van der Waals surface area contributed by atoms with Crippen LogP contribution in [0.5, 0.6) is 0 Å². The maximum atomic E-state index is 12.7. The Morgan fingerprint density at radius 3 is 1.42 bits per heavy atom. The topological polar surface area (TPSA) is 26.3 Å². The first-order valence-electron chi connectivity index (χ1n) is 7.55. The lowest BCUT2D eigenvalue weighted by Gasteiger charge is -2.18. The minimum absolute atomic E-state index is 0.0244. The Labute approximate surface area is 145 Å². The van der Waals surface area contributed by atoms with E-state index in [0.717, 1.165) is 48.5 Å². The highest BCUT2D eigenvalue weighted by molar-refractivity contribution is 5.82. The van der Waals surface area contributed by atoms with Gasteiger partial charge in [-0.1, -0.05) is 24.3 Å². The maximum Gasteiger partial charge on any atom is 0.416 e. The fourth-order valence-corrected chi connectivity index (χ4v) is 2.42. The van der Waals surface area contributed by atoms with E-state index in [0.29, 0.717) is 0 Å². The Hall–Kier alpha value is -2.51. The second-order valence-corrected chi connectivity index (χ2v) is 5.42. The highest BCUT2D eigenvalue weighted by Crippen LogP contribution is 2.34. The van der Waals surface area contributed by atoms with Crippen LogP contribution in [0.2, 0.25) is 0 Å². The van der Waals surface area contributed by atoms with Crippen molar-refractivity contribution in [2.75, 3.05) is 6.61 Å². The van der Waals surface area contributed by atoms with Crippen molar-refractivity contribution in [2.45, 2.75) is 25.2 Å². The van der Waals surface area contributed by atoms with Gasteiger partial charge in [-0.05, 0) is 42.3 Å². The summed E-state index contributed by atoms with van der Waals surface area (Å²) in [7, 11) is 0. The fraction of sp³-hybridized carbons (Fsp3) is 0.278. The van der Waals surface area contributed by atoms with Gasteiger partial charge in [-0.25, -0.2) is 0 Å². The number of carbonyl (C=O) groups is 1. The van der Waals surface area contributed by atoms with Crippen LogP contribution in [0.25, 0.3) is 0 Å². The summed E-state index contributed by atoms with van der Waals surface area (Å²) in [5.74, 6) is -1.88. The standard InChI is InChI=1S/C18H14F6O2/c1-2-26-16(25)15(11-3-7-13(8-4-11)17(19,20)21)12-5-9-14(10-6-12)18(22,23)24/h3-10,15H,2H2,1H3. The Bertz CT molecular complexity index is 688. The molecule has 0 unspecified atom stereocenters. The molecule has 0 atom stereocenters.